The number of unbranched alkanes of at least 4 members (excludes halogenated alkanes) is 1. The van der Waals surface area contributed by atoms with Gasteiger partial charge in [0.05, 0.1) is 6.10 Å². The first-order valence-corrected chi connectivity index (χ1v) is 6.70. The Morgan fingerprint density at radius 3 is 2.47 bits per heavy atom. The van der Waals surface area contributed by atoms with Crippen molar-refractivity contribution in [3.05, 3.63) is 35.9 Å². The monoisotopic (exact) mass is 235 g/mol. The summed E-state index contributed by atoms with van der Waals surface area (Å²) in [7, 11) is 0. The summed E-state index contributed by atoms with van der Waals surface area (Å²) >= 11 is 0. The highest BCUT2D eigenvalue weighted by molar-refractivity contribution is 5.18. The molecule has 1 rings (SSSR count). The Morgan fingerprint density at radius 1 is 1.18 bits per heavy atom. The molecular weight excluding hydrogens is 210 g/mol. The lowest BCUT2D eigenvalue weighted by Crippen LogP contribution is -2.24. The van der Waals surface area contributed by atoms with Gasteiger partial charge in [-0.15, -0.1) is 0 Å². The molecule has 0 spiro atoms. The van der Waals surface area contributed by atoms with Gasteiger partial charge in [-0.1, -0.05) is 50.1 Å². The zero-order valence-corrected chi connectivity index (χ0v) is 11.0. The molecule has 1 aromatic carbocycles. The lowest BCUT2D eigenvalue weighted by molar-refractivity contribution is 0.182. The first-order chi connectivity index (χ1) is 8.24. The highest BCUT2D eigenvalue weighted by atomic mass is 16.3. The van der Waals surface area contributed by atoms with Gasteiger partial charge in [-0.3, -0.25) is 0 Å². The van der Waals surface area contributed by atoms with Crippen LogP contribution in [0.4, 0.5) is 0 Å². The van der Waals surface area contributed by atoms with Crippen molar-refractivity contribution in [3.63, 3.8) is 0 Å². The summed E-state index contributed by atoms with van der Waals surface area (Å²) < 4.78 is 0. The predicted octanol–water partition coefficient (Wildman–Crippen LogP) is 3.28. The number of nitrogens with one attached hydrogen (secondary N) is 1. The number of rotatable bonds is 8. The maximum absolute atomic E-state index is 9.27. The van der Waals surface area contributed by atoms with Gasteiger partial charge in [-0.05, 0) is 31.9 Å². The van der Waals surface area contributed by atoms with E-state index in [-0.39, 0.29) is 6.10 Å². The van der Waals surface area contributed by atoms with E-state index in [0.717, 1.165) is 13.0 Å². The predicted molar refractivity (Wildman–Crippen MR) is 73.0 cm³/mol. The molecule has 0 saturated carbocycles. The van der Waals surface area contributed by atoms with Crippen LogP contribution < -0.4 is 5.32 Å². The van der Waals surface area contributed by atoms with Gasteiger partial charge in [-0.2, -0.15) is 0 Å². The van der Waals surface area contributed by atoms with Crippen molar-refractivity contribution in [2.24, 2.45) is 0 Å². The van der Waals surface area contributed by atoms with Gasteiger partial charge in [0.25, 0.3) is 0 Å². The maximum atomic E-state index is 9.27. The summed E-state index contributed by atoms with van der Waals surface area (Å²) in [4.78, 5) is 0. The minimum absolute atomic E-state index is 0.218. The molecule has 2 unspecified atom stereocenters. The van der Waals surface area contributed by atoms with Crippen LogP contribution in [0, 0.1) is 0 Å². The second-order valence-electron chi connectivity index (χ2n) is 4.70. The van der Waals surface area contributed by atoms with Gasteiger partial charge in [0.15, 0.2) is 0 Å². The SMILES string of the molecule is CCCCC(NCCC(C)O)c1ccccc1. The Bertz CT molecular complexity index is 284. The fraction of sp³-hybridized carbons (Fsp3) is 0.600. The van der Waals surface area contributed by atoms with E-state index in [2.05, 4.69) is 42.6 Å². The van der Waals surface area contributed by atoms with Crippen LogP contribution in [0.1, 0.15) is 51.1 Å². The third kappa shape index (κ3) is 5.85. The topological polar surface area (TPSA) is 32.3 Å². The van der Waals surface area contributed by atoms with Crippen LogP contribution in [0.2, 0.25) is 0 Å². The lowest BCUT2D eigenvalue weighted by Gasteiger charge is -2.19. The molecule has 2 N–H and O–H groups in total. The molecule has 2 nitrogen and oxygen atoms in total. The first kappa shape index (κ1) is 14.2. The van der Waals surface area contributed by atoms with Gasteiger partial charge in [-0.25, -0.2) is 0 Å². The molecule has 1 aromatic rings. The quantitative estimate of drug-likeness (QED) is 0.724. The molecule has 2 atom stereocenters. The number of aliphatic hydroxyl groups excluding tert-OH is 1. The fourth-order valence-corrected chi connectivity index (χ4v) is 1.95. The highest BCUT2D eigenvalue weighted by Gasteiger charge is 2.09. The molecule has 0 bridgehead atoms. The molecular formula is C15H25NO. The summed E-state index contributed by atoms with van der Waals surface area (Å²) in [6.45, 7) is 4.93. The Morgan fingerprint density at radius 2 is 1.88 bits per heavy atom. The van der Waals surface area contributed by atoms with E-state index < -0.39 is 0 Å². The van der Waals surface area contributed by atoms with E-state index in [1.165, 1.54) is 24.8 Å². The van der Waals surface area contributed by atoms with E-state index in [4.69, 9.17) is 0 Å². The minimum Gasteiger partial charge on any atom is -0.393 e. The molecule has 96 valence electrons. The minimum atomic E-state index is -0.218. The molecule has 2 heteroatoms. The molecule has 0 aromatic heterocycles. The highest BCUT2D eigenvalue weighted by Crippen LogP contribution is 2.19. The average Bonchev–Trinajstić information content (AvgIpc) is 2.34. The molecule has 0 fully saturated rings. The van der Waals surface area contributed by atoms with Crippen molar-refractivity contribution in [1.82, 2.24) is 5.32 Å². The zero-order chi connectivity index (χ0) is 12.5. The molecule has 0 heterocycles. The summed E-state index contributed by atoms with van der Waals surface area (Å²) in [5.41, 5.74) is 1.35. The smallest absolute Gasteiger partial charge is 0.0524 e. The van der Waals surface area contributed by atoms with E-state index in [9.17, 15) is 5.11 Å². The van der Waals surface area contributed by atoms with Crippen LogP contribution in [-0.4, -0.2) is 17.8 Å². The number of aliphatic hydroxyl groups is 1. The molecule has 17 heavy (non-hydrogen) atoms. The van der Waals surface area contributed by atoms with Crippen molar-refractivity contribution in [2.75, 3.05) is 6.54 Å². The molecule has 0 aliphatic carbocycles. The molecule has 0 amide bonds. The van der Waals surface area contributed by atoms with Crippen LogP contribution in [0.25, 0.3) is 0 Å². The Balaban J connectivity index is 2.48. The van der Waals surface area contributed by atoms with Crippen LogP contribution >= 0.6 is 0 Å². The zero-order valence-electron chi connectivity index (χ0n) is 11.0. The van der Waals surface area contributed by atoms with Crippen LogP contribution in [-0.2, 0) is 0 Å². The summed E-state index contributed by atoms with van der Waals surface area (Å²) in [5.74, 6) is 0. The van der Waals surface area contributed by atoms with E-state index in [0.29, 0.717) is 6.04 Å². The van der Waals surface area contributed by atoms with Crippen LogP contribution in [0.15, 0.2) is 30.3 Å². The lowest BCUT2D eigenvalue weighted by atomic mass is 10.0. The van der Waals surface area contributed by atoms with Gasteiger partial charge < -0.3 is 10.4 Å². The fourth-order valence-electron chi connectivity index (χ4n) is 1.95. The van der Waals surface area contributed by atoms with Crippen LogP contribution in [0.5, 0.6) is 0 Å². The Labute approximate surface area is 105 Å². The molecule has 0 aliphatic heterocycles. The Kier molecular flexibility index (Phi) is 6.90. The third-order valence-corrected chi connectivity index (χ3v) is 3.00. The largest absolute Gasteiger partial charge is 0.393 e. The number of benzene rings is 1. The molecule has 0 saturated heterocycles. The van der Waals surface area contributed by atoms with Crippen molar-refractivity contribution >= 4 is 0 Å². The Hall–Kier alpha value is -0.860. The van der Waals surface area contributed by atoms with Crippen molar-refractivity contribution < 1.29 is 5.11 Å². The average molecular weight is 235 g/mol. The summed E-state index contributed by atoms with van der Waals surface area (Å²) in [5, 5.41) is 12.8. The van der Waals surface area contributed by atoms with E-state index in [1.54, 1.807) is 0 Å². The summed E-state index contributed by atoms with van der Waals surface area (Å²) in [6, 6.07) is 11.0. The van der Waals surface area contributed by atoms with E-state index >= 15 is 0 Å². The van der Waals surface area contributed by atoms with Gasteiger partial charge in [0.1, 0.15) is 0 Å². The van der Waals surface area contributed by atoms with Crippen molar-refractivity contribution in [3.8, 4) is 0 Å². The summed E-state index contributed by atoms with van der Waals surface area (Å²) in [6.07, 6.45) is 4.23. The van der Waals surface area contributed by atoms with Gasteiger partial charge >= 0.3 is 0 Å². The maximum Gasteiger partial charge on any atom is 0.0524 e. The first-order valence-electron chi connectivity index (χ1n) is 6.70. The standard InChI is InChI=1S/C15H25NO/c1-3-4-10-15(16-12-11-13(2)17)14-8-6-5-7-9-14/h5-9,13,15-17H,3-4,10-12H2,1-2H3. The molecule has 0 radical (unpaired) electrons. The van der Waals surface area contributed by atoms with Crippen molar-refractivity contribution in [2.45, 2.75) is 51.7 Å². The number of hydrogen-bond acceptors (Lipinski definition) is 2. The van der Waals surface area contributed by atoms with Crippen molar-refractivity contribution in [1.29, 1.82) is 0 Å². The second kappa shape index (κ2) is 8.26. The van der Waals surface area contributed by atoms with Gasteiger partial charge in [0, 0.05) is 6.04 Å². The van der Waals surface area contributed by atoms with Crippen LogP contribution in [0.3, 0.4) is 0 Å². The normalized spacial score (nSPS) is 14.5. The second-order valence-corrected chi connectivity index (χ2v) is 4.70. The third-order valence-electron chi connectivity index (χ3n) is 3.00. The van der Waals surface area contributed by atoms with E-state index in [1.807, 2.05) is 6.92 Å². The molecule has 0 aliphatic rings. The van der Waals surface area contributed by atoms with Gasteiger partial charge in [0.2, 0.25) is 0 Å². The number of hydrogen-bond donors (Lipinski definition) is 2.